The number of carbonyl (C=O) groups is 2. The third-order valence-electron chi connectivity index (χ3n) is 4.88. The van der Waals surface area contributed by atoms with Gasteiger partial charge in [0, 0.05) is 32.2 Å². The first-order valence-electron chi connectivity index (χ1n) is 10.2. The molecule has 0 N–H and O–H groups in total. The second-order valence-corrected chi connectivity index (χ2v) is 9.73. The molecule has 0 rings (SSSR count). The summed E-state index contributed by atoms with van der Waals surface area (Å²) >= 11 is 0. The standard InChI is InChI=1S/C22H43NO2/c1-8-22(5,6)18-19(24)13-11-9-10-12-15-23(7)16-14-20(25)17-21(2,3)4/h8-18H2,1-7H3. The van der Waals surface area contributed by atoms with Gasteiger partial charge >= 0.3 is 0 Å². The van der Waals surface area contributed by atoms with Crippen molar-refractivity contribution in [3.63, 3.8) is 0 Å². The molecule has 0 aromatic carbocycles. The van der Waals surface area contributed by atoms with Gasteiger partial charge in [-0.1, -0.05) is 60.8 Å². The Bertz CT molecular complexity index is 393. The third-order valence-corrected chi connectivity index (χ3v) is 4.88. The Labute approximate surface area is 156 Å². The molecule has 3 heteroatoms. The second kappa shape index (κ2) is 11.8. The van der Waals surface area contributed by atoms with E-state index in [1.165, 1.54) is 6.42 Å². The van der Waals surface area contributed by atoms with Crippen molar-refractivity contribution in [2.45, 2.75) is 99.3 Å². The smallest absolute Gasteiger partial charge is 0.134 e. The Morgan fingerprint density at radius 2 is 1.32 bits per heavy atom. The zero-order valence-corrected chi connectivity index (χ0v) is 18.0. The van der Waals surface area contributed by atoms with E-state index in [0.717, 1.165) is 51.6 Å². The lowest BCUT2D eigenvalue weighted by Crippen LogP contribution is -2.24. The van der Waals surface area contributed by atoms with E-state index >= 15 is 0 Å². The normalized spacial score (nSPS) is 12.6. The average Bonchev–Trinajstić information content (AvgIpc) is 2.46. The summed E-state index contributed by atoms with van der Waals surface area (Å²) < 4.78 is 0. The summed E-state index contributed by atoms with van der Waals surface area (Å²) in [5, 5.41) is 0. The molecule has 148 valence electrons. The van der Waals surface area contributed by atoms with E-state index in [0.29, 0.717) is 24.4 Å². The number of carbonyl (C=O) groups excluding carboxylic acids is 2. The molecule has 0 spiro atoms. The van der Waals surface area contributed by atoms with Gasteiger partial charge in [-0.3, -0.25) is 9.59 Å². The number of ketones is 2. The molecule has 0 aliphatic carbocycles. The van der Waals surface area contributed by atoms with Crippen LogP contribution in [0.5, 0.6) is 0 Å². The van der Waals surface area contributed by atoms with Crippen LogP contribution in [-0.2, 0) is 9.59 Å². The van der Waals surface area contributed by atoms with Crippen molar-refractivity contribution in [2.75, 3.05) is 20.1 Å². The van der Waals surface area contributed by atoms with Gasteiger partial charge in [0.1, 0.15) is 11.6 Å². The highest BCUT2D eigenvalue weighted by atomic mass is 16.1. The van der Waals surface area contributed by atoms with Crippen LogP contribution < -0.4 is 0 Å². The second-order valence-electron chi connectivity index (χ2n) is 9.73. The number of hydrogen-bond donors (Lipinski definition) is 0. The number of unbranched alkanes of at least 4 members (excludes halogenated alkanes) is 3. The van der Waals surface area contributed by atoms with Crippen molar-refractivity contribution < 1.29 is 9.59 Å². The van der Waals surface area contributed by atoms with E-state index in [4.69, 9.17) is 0 Å². The SMILES string of the molecule is CCC(C)(C)CC(=O)CCCCCCN(C)CCC(=O)CC(C)(C)C. The fourth-order valence-corrected chi connectivity index (χ4v) is 2.91. The van der Waals surface area contributed by atoms with Crippen LogP contribution in [0.25, 0.3) is 0 Å². The molecule has 25 heavy (non-hydrogen) atoms. The number of hydrogen-bond acceptors (Lipinski definition) is 3. The lowest BCUT2D eigenvalue weighted by Gasteiger charge is -2.21. The lowest BCUT2D eigenvalue weighted by molar-refractivity contribution is -0.121. The Hall–Kier alpha value is -0.700. The minimum atomic E-state index is 0.0967. The zero-order chi connectivity index (χ0) is 19.5. The lowest BCUT2D eigenvalue weighted by atomic mass is 9.84. The Morgan fingerprint density at radius 3 is 1.88 bits per heavy atom. The average molecular weight is 354 g/mol. The van der Waals surface area contributed by atoms with Gasteiger partial charge in [0.2, 0.25) is 0 Å². The summed E-state index contributed by atoms with van der Waals surface area (Å²) in [6.07, 6.45) is 8.32. The predicted molar refractivity (Wildman–Crippen MR) is 108 cm³/mol. The third kappa shape index (κ3) is 15.3. The highest BCUT2D eigenvalue weighted by Gasteiger charge is 2.19. The molecule has 3 nitrogen and oxygen atoms in total. The molecular formula is C22H43NO2. The molecule has 0 aromatic heterocycles. The number of Topliss-reactive ketones (excluding diaryl/α,β-unsaturated/α-hetero) is 2. The molecule has 0 atom stereocenters. The number of nitrogens with zero attached hydrogens (tertiary/aromatic N) is 1. The highest BCUT2D eigenvalue weighted by Crippen LogP contribution is 2.25. The van der Waals surface area contributed by atoms with Gasteiger partial charge in [0.25, 0.3) is 0 Å². The molecule has 0 saturated heterocycles. The molecule has 0 unspecified atom stereocenters. The molecule has 0 amide bonds. The van der Waals surface area contributed by atoms with Crippen molar-refractivity contribution >= 4 is 11.6 Å². The summed E-state index contributed by atoms with van der Waals surface area (Å²) in [6, 6.07) is 0. The van der Waals surface area contributed by atoms with Crippen molar-refractivity contribution in [3.05, 3.63) is 0 Å². The van der Waals surface area contributed by atoms with Crippen LogP contribution in [0.15, 0.2) is 0 Å². The van der Waals surface area contributed by atoms with E-state index in [-0.39, 0.29) is 10.8 Å². The van der Waals surface area contributed by atoms with Crippen LogP contribution in [0, 0.1) is 10.8 Å². The van der Waals surface area contributed by atoms with Crippen LogP contribution in [-0.4, -0.2) is 36.6 Å². The van der Waals surface area contributed by atoms with Crippen LogP contribution >= 0.6 is 0 Å². The largest absolute Gasteiger partial charge is 0.306 e. The first-order valence-corrected chi connectivity index (χ1v) is 10.2. The monoisotopic (exact) mass is 353 g/mol. The maximum Gasteiger partial charge on any atom is 0.134 e. The van der Waals surface area contributed by atoms with Gasteiger partial charge in [0.05, 0.1) is 0 Å². The molecule has 0 aromatic rings. The summed E-state index contributed by atoms with van der Waals surface area (Å²) in [6.45, 7) is 14.7. The van der Waals surface area contributed by atoms with Crippen molar-refractivity contribution in [1.29, 1.82) is 0 Å². The summed E-state index contributed by atoms with van der Waals surface area (Å²) in [7, 11) is 2.10. The van der Waals surface area contributed by atoms with Gasteiger partial charge in [-0.15, -0.1) is 0 Å². The molecule has 0 radical (unpaired) electrons. The molecule has 0 aliphatic rings. The van der Waals surface area contributed by atoms with Gasteiger partial charge < -0.3 is 4.90 Å². The Morgan fingerprint density at radius 1 is 0.760 bits per heavy atom. The van der Waals surface area contributed by atoms with Crippen molar-refractivity contribution in [3.8, 4) is 0 Å². The first kappa shape index (κ1) is 24.3. The molecule has 0 aliphatic heterocycles. The number of rotatable bonds is 14. The Balaban J connectivity index is 3.65. The fourth-order valence-electron chi connectivity index (χ4n) is 2.91. The maximum absolute atomic E-state index is 12.0. The van der Waals surface area contributed by atoms with Crippen molar-refractivity contribution in [2.24, 2.45) is 10.8 Å². The van der Waals surface area contributed by atoms with E-state index in [2.05, 4.69) is 53.5 Å². The van der Waals surface area contributed by atoms with Gasteiger partial charge in [-0.25, -0.2) is 0 Å². The zero-order valence-electron chi connectivity index (χ0n) is 18.0. The minimum Gasteiger partial charge on any atom is -0.306 e. The van der Waals surface area contributed by atoms with Crippen LogP contribution in [0.4, 0.5) is 0 Å². The van der Waals surface area contributed by atoms with Crippen LogP contribution in [0.1, 0.15) is 99.3 Å². The quantitative estimate of drug-likeness (QED) is 0.378. The minimum absolute atomic E-state index is 0.0967. The van der Waals surface area contributed by atoms with E-state index in [1.54, 1.807) is 0 Å². The molecule has 0 heterocycles. The molecule has 0 fully saturated rings. The van der Waals surface area contributed by atoms with E-state index in [1.807, 2.05) is 0 Å². The molecule has 0 bridgehead atoms. The summed E-state index contributed by atoms with van der Waals surface area (Å²) in [5.41, 5.74) is 0.254. The Kier molecular flexibility index (Phi) is 11.5. The van der Waals surface area contributed by atoms with Crippen LogP contribution in [0.3, 0.4) is 0 Å². The van der Waals surface area contributed by atoms with Gasteiger partial charge in [-0.05, 0) is 37.3 Å². The summed E-state index contributed by atoms with van der Waals surface area (Å²) in [5.74, 6) is 0.786. The first-order chi connectivity index (χ1) is 11.4. The van der Waals surface area contributed by atoms with Gasteiger partial charge in [0.15, 0.2) is 0 Å². The van der Waals surface area contributed by atoms with E-state index in [9.17, 15) is 9.59 Å². The van der Waals surface area contributed by atoms with E-state index < -0.39 is 0 Å². The topological polar surface area (TPSA) is 37.4 Å². The molecular weight excluding hydrogens is 310 g/mol. The molecule has 0 saturated carbocycles. The summed E-state index contributed by atoms with van der Waals surface area (Å²) in [4.78, 5) is 26.1. The maximum atomic E-state index is 12.0. The van der Waals surface area contributed by atoms with Crippen molar-refractivity contribution in [1.82, 2.24) is 4.90 Å². The predicted octanol–water partition coefficient (Wildman–Crippen LogP) is 5.66. The fraction of sp³-hybridized carbons (Fsp3) is 0.909. The van der Waals surface area contributed by atoms with Gasteiger partial charge in [-0.2, -0.15) is 0 Å². The highest BCUT2D eigenvalue weighted by molar-refractivity contribution is 5.79. The van der Waals surface area contributed by atoms with Crippen LogP contribution in [0.2, 0.25) is 0 Å².